The predicted octanol–water partition coefficient (Wildman–Crippen LogP) is 3.52. The Bertz CT molecular complexity index is 244. The molecular weight excluding hydrogens is 186 g/mol. The number of ether oxygens (including phenoxy) is 1. The van der Waals surface area contributed by atoms with Gasteiger partial charge in [0.05, 0.1) is 6.07 Å². The summed E-state index contributed by atoms with van der Waals surface area (Å²) in [7, 11) is 0. The normalized spacial score (nSPS) is 32.3. The Morgan fingerprint density at radius 3 is 2.53 bits per heavy atom. The second-order valence-corrected chi connectivity index (χ2v) is 5.60. The molecule has 1 saturated carbocycles. The van der Waals surface area contributed by atoms with Gasteiger partial charge in [-0.3, -0.25) is 0 Å². The molecule has 1 rings (SSSR count). The zero-order valence-corrected chi connectivity index (χ0v) is 10.5. The van der Waals surface area contributed by atoms with Crippen LogP contribution in [0.25, 0.3) is 0 Å². The maximum absolute atomic E-state index is 9.43. The predicted molar refractivity (Wildman–Crippen MR) is 61.4 cm³/mol. The van der Waals surface area contributed by atoms with Gasteiger partial charge < -0.3 is 4.74 Å². The lowest BCUT2D eigenvalue weighted by atomic mass is 9.64. The minimum atomic E-state index is -0.523. The van der Waals surface area contributed by atoms with E-state index < -0.39 is 5.60 Å². The first-order valence-corrected chi connectivity index (χ1v) is 6.01. The van der Waals surface area contributed by atoms with E-state index in [9.17, 15) is 5.26 Å². The van der Waals surface area contributed by atoms with Crippen LogP contribution in [0.15, 0.2) is 0 Å². The van der Waals surface area contributed by atoms with Gasteiger partial charge in [-0.05, 0) is 31.6 Å². The first-order valence-electron chi connectivity index (χ1n) is 6.01. The van der Waals surface area contributed by atoms with Crippen LogP contribution in [0.3, 0.4) is 0 Å². The smallest absolute Gasteiger partial charge is 0.157 e. The molecule has 0 N–H and O–H groups in total. The molecular formula is C13H23NO. The fourth-order valence-corrected chi connectivity index (χ4v) is 2.87. The highest BCUT2D eigenvalue weighted by Gasteiger charge is 2.47. The van der Waals surface area contributed by atoms with E-state index in [0.717, 1.165) is 19.3 Å². The van der Waals surface area contributed by atoms with Crippen LogP contribution in [0, 0.1) is 22.7 Å². The van der Waals surface area contributed by atoms with E-state index in [0.29, 0.717) is 12.5 Å². The Kier molecular flexibility index (Phi) is 3.78. The maximum Gasteiger partial charge on any atom is 0.157 e. The molecule has 0 spiro atoms. The van der Waals surface area contributed by atoms with Crippen LogP contribution >= 0.6 is 0 Å². The molecule has 0 radical (unpaired) electrons. The average molecular weight is 209 g/mol. The van der Waals surface area contributed by atoms with Crippen LogP contribution in [-0.2, 0) is 4.74 Å². The number of hydrogen-bond donors (Lipinski definition) is 0. The van der Waals surface area contributed by atoms with Crippen molar-refractivity contribution in [3.8, 4) is 6.07 Å². The van der Waals surface area contributed by atoms with Crippen LogP contribution in [0.4, 0.5) is 0 Å². The number of nitriles is 1. The van der Waals surface area contributed by atoms with Gasteiger partial charge in [0.15, 0.2) is 5.60 Å². The molecule has 0 bridgehead atoms. The van der Waals surface area contributed by atoms with Crippen molar-refractivity contribution < 1.29 is 4.74 Å². The lowest BCUT2D eigenvalue weighted by molar-refractivity contribution is -0.0953. The Balaban J connectivity index is 2.94. The molecule has 2 atom stereocenters. The summed E-state index contributed by atoms with van der Waals surface area (Å²) in [6, 6.07) is 2.45. The van der Waals surface area contributed by atoms with E-state index in [1.165, 1.54) is 6.42 Å². The fourth-order valence-electron chi connectivity index (χ4n) is 2.87. The third-order valence-corrected chi connectivity index (χ3v) is 3.49. The average Bonchev–Trinajstić information content (AvgIpc) is 2.17. The van der Waals surface area contributed by atoms with Crippen LogP contribution in [0.1, 0.15) is 53.4 Å². The van der Waals surface area contributed by atoms with E-state index in [4.69, 9.17) is 4.74 Å². The zero-order chi connectivity index (χ0) is 11.5. The number of rotatable bonds is 2. The summed E-state index contributed by atoms with van der Waals surface area (Å²) in [5.74, 6) is 0.365. The molecule has 2 nitrogen and oxygen atoms in total. The third kappa shape index (κ3) is 2.52. The maximum atomic E-state index is 9.43. The zero-order valence-electron chi connectivity index (χ0n) is 10.5. The highest BCUT2D eigenvalue weighted by atomic mass is 16.5. The Hall–Kier alpha value is -0.550. The third-order valence-electron chi connectivity index (χ3n) is 3.49. The van der Waals surface area contributed by atoms with Gasteiger partial charge in [0.25, 0.3) is 0 Å². The molecule has 86 valence electrons. The van der Waals surface area contributed by atoms with Crippen molar-refractivity contribution in [3.63, 3.8) is 0 Å². The van der Waals surface area contributed by atoms with Crippen molar-refractivity contribution >= 4 is 0 Å². The highest BCUT2D eigenvalue weighted by Crippen LogP contribution is 2.46. The quantitative estimate of drug-likeness (QED) is 0.697. The second-order valence-electron chi connectivity index (χ2n) is 5.60. The Morgan fingerprint density at radius 2 is 2.07 bits per heavy atom. The minimum Gasteiger partial charge on any atom is -0.360 e. The van der Waals surface area contributed by atoms with Gasteiger partial charge >= 0.3 is 0 Å². The van der Waals surface area contributed by atoms with Gasteiger partial charge in [-0.1, -0.05) is 27.2 Å². The lowest BCUT2D eigenvalue weighted by Crippen LogP contribution is -2.48. The van der Waals surface area contributed by atoms with Gasteiger partial charge in [-0.2, -0.15) is 5.26 Å². The van der Waals surface area contributed by atoms with E-state index in [-0.39, 0.29) is 5.41 Å². The van der Waals surface area contributed by atoms with E-state index in [2.05, 4.69) is 26.8 Å². The molecule has 0 saturated heterocycles. The topological polar surface area (TPSA) is 33.0 Å². The first kappa shape index (κ1) is 12.5. The standard InChI is InChI=1S/C13H23NO/c1-5-15-13(10-14)9-7-6-8-11(13)12(2,3)4/h11H,5-9H2,1-4H3. The first-order chi connectivity index (χ1) is 6.96. The second kappa shape index (κ2) is 4.53. The van der Waals surface area contributed by atoms with Crippen molar-refractivity contribution in [2.24, 2.45) is 11.3 Å². The molecule has 0 aliphatic heterocycles. The molecule has 0 amide bonds. The SMILES string of the molecule is CCOC1(C#N)CCCCC1C(C)(C)C. The molecule has 0 aromatic heterocycles. The highest BCUT2D eigenvalue weighted by molar-refractivity contribution is 5.10. The Labute approximate surface area is 93.6 Å². The number of hydrogen-bond acceptors (Lipinski definition) is 2. The largest absolute Gasteiger partial charge is 0.360 e. The summed E-state index contributed by atoms with van der Waals surface area (Å²) in [6.45, 7) is 9.27. The Morgan fingerprint density at radius 1 is 1.40 bits per heavy atom. The van der Waals surface area contributed by atoms with Crippen LogP contribution in [-0.4, -0.2) is 12.2 Å². The summed E-state index contributed by atoms with van der Waals surface area (Å²) in [6.07, 6.45) is 4.38. The van der Waals surface area contributed by atoms with Crippen molar-refractivity contribution in [3.05, 3.63) is 0 Å². The molecule has 15 heavy (non-hydrogen) atoms. The molecule has 0 aromatic rings. The number of nitrogens with zero attached hydrogens (tertiary/aromatic N) is 1. The van der Waals surface area contributed by atoms with Crippen molar-refractivity contribution in [2.45, 2.75) is 59.0 Å². The summed E-state index contributed by atoms with van der Waals surface area (Å²) < 4.78 is 5.80. The van der Waals surface area contributed by atoms with Crippen LogP contribution < -0.4 is 0 Å². The summed E-state index contributed by atoms with van der Waals surface area (Å²) in [5, 5.41) is 9.43. The summed E-state index contributed by atoms with van der Waals surface area (Å²) >= 11 is 0. The molecule has 1 aliphatic carbocycles. The van der Waals surface area contributed by atoms with Crippen molar-refractivity contribution in [2.75, 3.05) is 6.61 Å². The van der Waals surface area contributed by atoms with Gasteiger partial charge in [-0.15, -0.1) is 0 Å². The van der Waals surface area contributed by atoms with Crippen molar-refractivity contribution in [1.29, 1.82) is 5.26 Å². The van der Waals surface area contributed by atoms with Gasteiger partial charge in [-0.25, -0.2) is 0 Å². The van der Waals surface area contributed by atoms with E-state index >= 15 is 0 Å². The molecule has 0 aromatic carbocycles. The molecule has 0 heterocycles. The molecule has 1 fully saturated rings. The molecule has 2 heteroatoms. The lowest BCUT2D eigenvalue weighted by Gasteiger charge is -2.45. The van der Waals surface area contributed by atoms with Gasteiger partial charge in [0.1, 0.15) is 0 Å². The van der Waals surface area contributed by atoms with Crippen LogP contribution in [0.5, 0.6) is 0 Å². The van der Waals surface area contributed by atoms with Gasteiger partial charge in [0, 0.05) is 12.5 Å². The molecule has 2 unspecified atom stereocenters. The summed E-state index contributed by atoms with van der Waals surface area (Å²) in [5.41, 5.74) is -0.365. The van der Waals surface area contributed by atoms with Crippen molar-refractivity contribution in [1.82, 2.24) is 0 Å². The fraction of sp³-hybridized carbons (Fsp3) is 0.923. The molecule has 1 aliphatic rings. The minimum absolute atomic E-state index is 0.158. The van der Waals surface area contributed by atoms with E-state index in [1.54, 1.807) is 0 Å². The monoisotopic (exact) mass is 209 g/mol. The summed E-state index contributed by atoms with van der Waals surface area (Å²) in [4.78, 5) is 0. The van der Waals surface area contributed by atoms with Gasteiger partial charge in [0.2, 0.25) is 0 Å². The van der Waals surface area contributed by atoms with Crippen LogP contribution in [0.2, 0.25) is 0 Å². The van der Waals surface area contributed by atoms with E-state index in [1.807, 2.05) is 6.92 Å².